The first-order valence-corrected chi connectivity index (χ1v) is 27.8. The summed E-state index contributed by atoms with van der Waals surface area (Å²) in [5, 5.41) is 54.1. The lowest BCUT2D eigenvalue weighted by molar-refractivity contribution is -0.302. The van der Waals surface area contributed by atoms with E-state index in [-0.39, 0.29) is 12.5 Å². The lowest BCUT2D eigenvalue weighted by Gasteiger charge is -2.40. The summed E-state index contributed by atoms with van der Waals surface area (Å²) in [7, 11) is 0. The molecule has 0 radical (unpaired) electrons. The zero-order valence-electron chi connectivity index (χ0n) is 43.3. The fraction of sp³-hybridized carbons (Fsp3) is 0.746. The Labute approximate surface area is 416 Å². The zero-order valence-corrected chi connectivity index (χ0v) is 43.3. The first-order chi connectivity index (χ1) is 33.3. The molecule has 9 heteroatoms. The van der Waals surface area contributed by atoms with E-state index in [4.69, 9.17) is 9.47 Å². The van der Waals surface area contributed by atoms with Crippen LogP contribution in [0.25, 0.3) is 0 Å². The Kier molecular flexibility index (Phi) is 44.8. The van der Waals surface area contributed by atoms with Crippen LogP contribution in [0.2, 0.25) is 0 Å². The van der Waals surface area contributed by atoms with E-state index in [0.717, 1.165) is 83.5 Å². The summed E-state index contributed by atoms with van der Waals surface area (Å²) in [4.78, 5) is 12.9. The Bertz CT molecular complexity index is 1340. The molecule has 1 rings (SSSR count). The van der Waals surface area contributed by atoms with Gasteiger partial charge < -0.3 is 40.3 Å². The van der Waals surface area contributed by atoms with E-state index in [2.05, 4.69) is 104 Å². The summed E-state index contributed by atoms with van der Waals surface area (Å²) < 4.78 is 11.2. The molecule has 0 aromatic heterocycles. The van der Waals surface area contributed by atoms with Crippen LogP contribution in [0.4, 0.5) is 0 Å². The largest absolute Gasteiger partial charge is 0.394 e. The lowest BCUT2D eigenvalue weighted by atomic mass is 9.99. The number of ether oxygens (including phenoxy) is 2. The summed E-state index contributed by atoms with van der Waals surface area (Å²) in [6.07, 6.45) is 61.0. The number of nitrogens with one attached hydrogen (secondary N) is 1. The number of hydrogen-bond donors (Lipinski definition) is 6. The van der Waals surface area contributed by atoms with Crippen molar-refractivity contribution in [2.75, 3.05) is 13.2 Å². The molecule has 7 unspecified atom stereocenters. The molecule has 1 heterocycles. The molecule has 1 aliphatic heterocycles. The Balaban J connectivity index is 2.00. The fourth-order valence-electron chi connectivity index (χ4n) is 8.38. The maximum atomic E-state index is 12.9. The first-order valence-electron chi connectivity index (χ1n) is 27.8. The highest BCUT2D eigenvalue weighted by Crippen LogP contribution is 2.23. The molecule has 68 heavy (non-hydrogen) atoms. The van der Waals surface area contributed by atoms with Gasteiger partial charge in [0.05, 0.1) is 25.4 Å². The Morgan fingerprint density at radius 2 is 0.912 bits per heavy atom. The van der Waals surface area contributed by atoms with Crippen molar-refractivity contribution in [3.63, 3.8) is 0 Å². The lowest BCUT2D eigenvalue weighted by Crippen LogP contribution is -2.60. The van der Waals surface area contributed by atoms with Gasteiger partial charge in [-0.1, -0.05) is 234 Å². The Morgan fingerprint density at radius 1 is 0.515 bits per heavy atom. The van der Waals surface area contributed by atoms with Crippen LogP contribution in [0.3, 0.4) is 0 Å². The van der Waals surface area contributed by atoms with Crippen molar-refractivity contribution in [1.82, 2.24) is 5.32 Å². The van der Waals surface area contributed by atoms with E-state index >= 15 is 0 Å². The number of amides is 1. The molecule has 0 aromatic carbocycles. The highest BCUT2D eigenvalue weighted by atomic mass is 16.7. The van der Waals surface area contributed by atoms with E-state index < -0.39 is 49.5 Å². The van der Waals surface area contributed by atoms with Crippen LogP contribution in [0, 0.1) is 0 Å². The van der Waals surface area contributed by atoms with Gasteiger partial charge in [0.15, 0.2) is 6.29 Å². The van der Waals surface area contributed by atoms with Gasteiger partial charge in [0.2, 0.25) is 5.91 Å². The van der Waals surface area contributed by atoms with Crippen LogP contribution in [0.5, 0.6) is 0 Å². The quantitative estimate of drug-likeness (QED) is 0.0261. The summed E-state index contributed by atoms with van der Waals surface area (Å²) >= 11 is 0. The molecule has 9 nitrogen and oxygen atoms in total. The number of allylic oxidation sites excluding steroid dienone is 14. The highest BCUT2D eigenvalue weighted by molar-refractivity contribution is 5.76. The Morgan fingerprint density at radius 3 is 1.35 bits per heavy atom. The molecule has 1 aliphatic rings. The van der Waals surface area contributed by atoms with Crippen molar-refractivity contribution in [3.05, 3.63) is 85.1 Å². The smallest absolute Gasteiger partial charge is 0.220 e. The van der Waals surface area contributed by atoms with E-state index in [0.29, 0.717) is 12.8 Å². The molecule has 0 spiro atoms. The van der Waals surface area contributed by atoms with E-state index in [9.17, 15) is 30.3 Å². The van der Waals surface area contributed by atoms with Gasteiger partial charge in [-0.25, -0.2) is 0 Å². The first kappa shape index (κ1) is 63.4. The molecule has 6 N–H and O–H groups in total. The summed E-state index contributed by atoms with van der Waals surface area (Å²) in [6.45, 7) is 3.64. The second kappa shape index (κ2) is 48.0. The average Bonchev–Trinajstić information content (AvgIpc) is 3.34. The van der Waals surface area contributed by atoms with Crippen LogP contribution < -0.4 is 5.32 Å². The molecule has 1 fully saturated rings. The number of unbranched alkanes of at least 4 members (excludes halogenated alkanes) is 22. The van der Waals surface area contributed by atoms with Crippen LogP contribution in [-0.4, -0.2) is 87.5 Å². The summed E-state index contributed by atoms with van der Waals surface area (Å²) in [5.74, 6) is -0.151. The second-order valence-electron chi connectivity index (χ2n) is 19.0. The highest BCUT2D eigenvalue weighted by Gasteiger charge is 2.44. The third-order valence-corrected chi connectivity index (χ3v) is 12.8. The van der Waals surface area contributed by atoms with Crippen molar-refractivity contribution in [3.8, 4) is 0 Å². The molecule has 392 valence electrons. The average molecular weight is 954 g/mol. The zero-order chi connectivity index (χ0) is 49.4. The summed E-state index contributed by atoms with van der Waals surface area (Å²) in [5.41, 5.74) is 0. The number of carbonyl (C=O) groups is 1. The molecular formula is C59H103NO8. The molecular weight excluding hydrogens is 851 g/mol. The number of carbonyl (C=O) groups excluding carboxylic acids is 1. The molecule has 0 aliphatic carbocycles. The minimum Gasteiger partial charge on any atom is -0.394 e. The minimum absolute atomic E-state index is 0.141. The standard InChI is InChI=1S/C59H103NO8/c1-3-5-7-9-11-12-13-14-15-16-17-18-19-20-21-22-23-24-25-26-27-28-29-30-31-32-33-34-35-36-37-38-39-40-41-42-43-45-47-49-55(63)60-52(53(62)48-46-44-10-8-6-4-2)51-67-59-58(66)57(65)56(64)54(50-61)68-59/h5,7,11-12,14-15,17-18,20-21,23-24,26-27,52-54,56-59,61-62,64-66H,3-4,6,8-10,13,16,19,22,25,28-51H2,1-2H3,(H,60,63)/b7-5-,12-11-,15-14-,18-17-,21-20-,24-23-,27-26-. The number of hydrogen-bond acceptors (Lipinski definition) is 8. The van der Waals surface area contributed by atoms with Gasteiger partial charge in [-0.2, -0.15) is 0 Å². The third kappa shape index (κ3) is 37.2. The maximum Gasteiger partial charge on any atom is 0.220 e. The van der Waals surface area contributed by atoms with Gasteiger partial charge >= 0.3 is 0 Å². The SMILES string of the molecule is CC/C=C\C/C=C\C/C=C\C/C=C\C/C=C\C/C=C\C/C=C\CCCCCCCCCCCCCCCCCCCC(=O)NC(COC1OC(CO)C(O)C(O)C1O)C(O)CCCCCCCC. The van der Waals surface area contributed by atoms with Gasteiger partial charge in [0.25, 0.3) is 0 Å². The second-order valence-corrected chi connectivity index (χ2v) is 19.0. The van der Waals surface area contributed by atoms with Gasteiger partial charge in [0, 0.05) is 6.42 Å². The predicted molar refractivity (Wildman–Crippen MR) is 285 cm³/mol. The van der Waals surface area contributed by atoms with E-state index in [1.54, 1.807) is 0 Å². The van der Waals surface area contributed by atoms with Crippen molar-refractivity contribution in [1.29, 1.82) is 0 Å². The van der Waals surface area contributed by atoms with Crippen molar-refractivity contribution < 1.29 is 39.8 Å². The predicted octanol–water partition coefficient (Wildman–Crippen LogP) is 13.5. The third-order valence-electron chi connectivity index (χ3n) is 12.8. The van der Waals surface area contributed by atoms with Crippen molar-refractivity contribution in [2.24, 2.45) is 0 Å². The normalized spacial score (nSPS) is 20.2. The van der Waals surface area contributed by atoms with Crippen molar-refractivity contribution in [2.45, 2.75) is 269 Å². The van der Waals surface area contributed by atoms with Crippen LogP contribution in [0.1, 0.15) is 226 Å². The molecule has 1 saturated heterocycles. The van der Waals surface area contributed by atoms with Crippen LogP contribution in [-0.2, 0) is 14.3 Å². The molecule has 1 amide bonds. The van der Waals surface area contributed by atoms with Crippen LogP contribution >= 0.6 is 0 Å². The number of aliphatic hydroxyl groups excluding tert-OH is 5. The Hall–Kier alpha value is -2.63. The number of aliphatic hydroxyl groups is 5. The van der Waals surface area contributed by atoms with Crippen molar-refractivity contribution >= 4 is 5.91 Å². The molecule has 0 aromatic rings. The van der Waals surface area contributed by atoms with Crippen LogP contribution in [0.15, 0.2) is 85.1 Å². The summed E-state index contributed by atoms with van der Waals surface area (Å²) in [6, 6.07) is -0.717. The van der Waals surface area contributed by atoms with Gasteiger partial charge in [-0.05, 0) is 70.6 Å². The van der Waals surface area contributed by atoms with Gasteiger partial charge in [0.1, 0.15) is 24.4 Å². The molecule has 0 bridgehead atoms. The van der Waals surface area contributed by atoms with Gasteiger partial charge in [-0.15, -0.1) is 0 Å². The van der Waals surface area contributed by atoms with E-state index in [1.807, 2.05) is 0 Å². The topological polar surface area (TPSA) is 149 Å². The monoisotopic (exact) mass is 954 g/mol. The fourth-order valence-corrected chi connectivity index (χ4v) is 8.38. The number of rotatable bonds is 46. The maximum absolute atomic E-state index is 12.9. The molecule has 0 saturated carbocycles. The minimum atomic E-state index is -1.55. The van der Waals surface area contributed by atoms with Gasteiger partial charge in [-0.3, -0.25) is 4.79 Å². The molecule has 7 atom stereocenters. The van der Waals surface area contributed by atoms with E-state index in [1.165, 1.54) is 116 Å².